The summed E-state index contributed by atoms with van der Waals surface area (Å²) in [6.07, 6.45) is -9.37. The Bertz CT molecular complexity index is 1640. The van der Waals surface area contributed by atoms with Crippen molar-refractivity contribution in [3.05, 3.63) is 63.9 Å². The van der Waals surface area contributed by atoms with Crippen LogP contribution in [0, 0.1) is 17.3 Å². The van der Waals surface area contributed by atoms with Crippen LogP contribution in [0.1, 0.15) is 56.0 Å². The van der Waals surface area contributed by atoms with E-state index >= 15 is 0 Å². The summed E-state index contributed by atoms with van der Waals surface area (Å²) in [6.45, 7) is 5.82. The molecular formula is C32H35ClF6N4O4. The quantitative estimate of drug-likeness (QED) is 0.262. The molecule has 2 aliphatic heterocycles. The number of pyridine rings is 2. The second-order valence-corrected chi connectivity index (χ2v) is 13.7. The molecule has 0 bridgehead atoms. The van der Waals surface area contributed by atoms with Gasteiger partial charge in [-0.3, -0.25) is 9.88 Å². The highest BCUT2D eigenvalue weighted by molar-refractivity contribution is 6.36. The van der Waals surface area contributed by atoms with Crippen LogP contribution >= 0.6 is 11.6 Å². The lowest BCUT2D eigenvalue weighted by Gasteiger charge is -2.58. The molecule has 0 spiro atoms. The maximum atomic E-state index is 13.4. The highest BCUT2D eigenvalue weighted by atomic mass is 35.5. The summed E-state index contributed by atoms with van der Waals surface area (Å²) in [7, 11) is 1.39. The Morgan fingerprint density at radius 2 is 1.68 bits per heavy atom. The molecule has 5 rings (SSSR count). The van der Waals surface area contributed by atoms with Gasteiger partial charge >= 0.3 is 18.4 Å². The number of hydrogen-bond acceptors (Lipinski definition) is 6. The highest BCUT2D eigenvalue weighted by Gasteiger charge is 2.58. The number of benzene rings is 1. The molecule has 1 aromatic carbocycles. The number of aliphatic hydroxyl groups is 1. The van der Waals surface area contributed by atoms with Gasteiger partial charge in [-0.1, -0.05) is 44.5 Å². The van der Waals surface area contributed by atoms with Crippen molar-refractivity contribution in [3.63, 3.8) is 0 Å². The van der Waals surface area contributed by atoms with E-state index in [0.717, 1.165) is 18.3 Å². The number of halogens is 7. The van der Waals surface area contributed by atoms with Crippen LogP contribution in [-0.2, 0) is 18.3 Å². The van der Waals surface area contributed by atoms with E-state index in [1.54, 1.807) is 18.2 Å². The largest absolute Gasteiger partial charge is 0.481 e. The molecule has 8 nitrogen and oxygen atoms in total. The van der Waals surface area contributed by atoms with E-state index < -0.39 is 53.0 Å². The van der Waals surface area contributed by atoms with Gasteiger partial charge in [-0.15, -0.1) is 0 Å². The molecule has 0 aliphatic carbocycles. The number of nitrogens with zero attached hydrogens (tertiary/aromatic N) is 4. The van der Waals surface area contributed by atoms with Crippen molar-refractivity contribution in [3.8, 4) is 5.88 Å². The average molecular weight is 689 g/mol. The number of fused-ring (bicyclic) bond motifs is 1. The van der Waals surface area contributed by atoms with E-state index in [0.29, 0.717) is 16.5 Å². The van der Waals surface area contributed by atoms with Crippen LogP contribution in [0.3, 0.4) is 0 Å². The molecule has 1 amide bonds. The molecule has 47 heavy (non-hydrogen) atoms. The van der Waals surface area contributed by atoms with Crippen molar-refractivity contribution in [1.82, 2.24) is 19.8 Å². The molecule has 0 radical (unpaired) electrons. The molecule has 2 N–H and O–H groups in total. The third-order valence-electron chi connectivity index (χ3n) is 9.32. The number of aromatic nitrogens is 2. The highest BCUT2D eigenvalue weighted by Crippen LogP contribution is 2.51. The first-order chi connectivity index (χ1) is 21.8. The van der Waals surface area contributed by atoms with Crippen LogP contribution < -0.4 is 4.74 Å². The van der Waals surface area contributed by atoms with Gasteiger partial charge in [0.1, 0.15) is 11.3 Å². The maximum Gasteiger partial charge on any atom is 0.433 e. The first-order valence-corrected chi connectivity index (χ1v) is 15.4. The zero-order valence-corrected chi connectivity index (χ0v) is 26.8. The van der Waals surface area contributed by atoms with Crippen LogP contribution in [0.15, 0.2) is 36.5 Å². The second kappa shape index (κ2) is 12.3. The first kappa shape index (κ1) is 35.0. The number of piperidine rings is 1. The Kier molecular flexibility index (Phi) is 9.12. The van der Waals surface area contributed by atoms with Gasteiger partial charge in [0.05, 0.1) is 23.6 Å². The van der Waals surface area contributed by atoms with E-state index in [1.165, 1.54) is 12.0 Å². The lowest BCUT2D eigenvalue weighted by molar-refractivity contribution is -0.185. The van der Waals surface area contributed by atoms with Crippen LogP contribution in [0.2, 0.25) is 5.02 Å². The Hall–Kier alpha value is -3.36. The van der Waals surface area contributed by atoms with Crippen molar-refractivity contribution >= 4 is 28.6 Å². The number of likely N-dealkylation sites (tertiary alicyclic amines) is 2. The Morgan fingerprint density at radius 3 is 2.19 bits per heavy atom. The number of alkyl halides is 6. The van der Waals surface area contributed by atoms with Crippen molar-refractivity contribution in [2.45, 2.75) is 64.2 Å². The summed E-state index contributed by atoms with van der Waals surface area (Å²) >= 11 is 6.95. The fraction of sp³-hybridized carbons (Fsp3) is 0.531. The zero-order valence-electron chi connectivity index (χ0n) is 26.1. The molecule has 3 aromatic rings. The number of hydrogen-bond donors (Lipinski definition) is 2. The zero-order chi connectivity index (χ0) is 34.7. The number of carboxylic acid groups (broad SMARTS) is 1. The van der Waals surface area contributed by atoms with Gasteiger partial charge in [0.2, 0.25) is 5.88 Å². The first-order valence-electron chi connectivity index (χ1n) is 15.0. The molecule has 15 heteroatoms. The van der Waals surface area contributed by atoms with Gasteiger partial charge in [0.25, 0.3) is 0 Å². The van der Waals surface area contributed by atoms with Crippen molar-refractivity contribution < 1.29 is 46.1 Å². The number of amides is 1. The van der Waals surface area contributed by atoms with Crippen molar-refractivity contribution in [2.75, 3.05) is 26.7 Å². The smallest absolute Gasteiger partial charge is 0.433 e. The fourth-order valence-electron chi connectivity index (χ4n) is 6.94. The SMILES string of the molecule is COc1nc2ccc(C(O)(c3ccc(C(F)(F)F)nc3)C3CN(C(=O)O)C3C(C)(C)C)cc2c(Cl)c1CN1CCC(C(F)(F)F)CC1. The normalized spacial score (nSPS) is 21.4. The van der Waals surface area contributed by atoms with Crippen LogP contribution in [0.4, 0.5) is 31.1 Å². The van der Waals surface area contributed by atoms with Crippen LogP contribution in [-0.4, -0.2) is 75.0 Å². The summed E-state index contributed by atoms with van der Waals surface area (Å²) in [4.78, 5) is 23.3. The summed E-state index contributed by atoms with van der Waals surface area (Å²) in [5.74, 6) is -2.00. The minimum atomic E-state index is -4.72. The molecule has 256 valence electrons. The molecule has 4 heterocycles. The molecule has 0 saturated carbocycles. The Labute approximate surface area is 272 Å². The maximum absolute atomic E-state index is 13.4. The topological polar surface area (TPSA) is 99.0 Å². The lowest BCUT2D eigenvalue weighted by atomic mass is 9.62. The molecule has 3 unspecified atom stereocenters. The number of carbonyl (C=O) groups is 1. The second-order valence-electron chi connectivity index (χ2n) is 13.3. The Balaban J connectivity index is 1.61. The van der Waals surface area contributed by atoms with E-state index in [2.05, 4.69) is 9.97 Å². The van der Waals surface area contributed by atoms with Gasteiger partial charge in [-0.2, -0.15) is 26.3 Å². The van der Waals surface area contributed by atoms with Gasteiger partial charge in [0, 0.05) is 47.8 Å². The molecule has 2 aliphatic rings. The molecule has 3 atom stereocenters. The third kappa shape index (κ3) is 6.56. The molecular weight excluding hydrogens is 654 g/mol. The monoisotopic (exact) mass is 688 g/mol. The van der Waals surface area contributed by atoms with Crippen LogP contribution in [0.25, 0.3) is 10.9 Å². The molecule has 2 aromatic heterocycles. The lowest BCUT2D eigenvalue weighted by Crippen LogP contribution is -2.69. The van der Waals surface area contributed by atoms with E-state index in [9.17, 15) is 41.4 Å². The summed E-state index contributed by atoms with van der Waals surface area (Å²) in [5, 5.41) is 23.1. The summed E-state index contributed by atoms with van der Waals surface area (Å²) < 4.78 is 85.4. The number of ether oxygens (including phenoxy) is 1. The predicted octanol–water partition coefficient (Wildman–Crippen LogP) is 7.35. The van der Waals surface area contributed by atoms with E-state index in [4.69, 9.17) is 16.3 Å². The van der Waals surface area contributed by atoms with E-state index in [-0.39, 0.29) is 61.1 Å². The van der Waals surface area contributed by atoms with Crippen molar-refractivity contribution in [1.29, 1.82) is 0 Å². The number of methoxy groups -OCH3 is 1. The summed E-state index contributed by atoms with van der Waals surface area (Å²) in [6, 6.07) is 5.84. The number of rotatable bonds is 6. The average Bonchev–Trinajstić information content (AvgIpc) is 2.96. The van der Waals surface area contributed by atoms with Gasteiger partial charge in [0.15, 0.2) is 0 Å². The standard InChI is InChI=1S/C32H35ClF6N4O4/c1-29(2,3)26-22(16-43(26)28(44)45)30(46,19-6-8-24(40-14-19)32(37,38)39)18-5-7-23-20(13-18)25(33)21(27(41-23)47-4)15-42-11-9-17(10-12-42)31(34,35)36/h5-8,13-14,17,22,26,46H,9-12,15-16H2,1-4H3,(H,44,45). The minimum Gasteiger partial charge on any atom is -0.481 e. The minimum absolute atomic E-state index is 0.0273. The fourth-order valence-corrected chi connectivity index (χ4v) is 7.23. The van der Waals surface area contributed by atoms with Gasteiger partial charge in [-0.05, 0) is 55.1 Å². The summed E-state index contributed by atoms with van der Waals surface area (Å²) in [5.41, 5.74) is -2.80. The van der Waals surface area contributed by atoms with Gasteiger partial charge < -0.3 is 19.8 Å². The Morgan fingerprint density at radius 1 is 1.04 bits per heavy atom. The van der Waals surface area contributed by atoms with Crippen LogP contribution in [0.5, 0.6) is 5.88 Å². The third-order valence-corrected chi connectivity index (χ3v) is 9.75. The van der Waals surface area contributed by atoms with Crippen molar-refractivity contribution in [2.24, 2.45) is 17.3 Å². The molecule has 2 saturated heterocycles. The van der Waals surface area contributed by atoms with Gasteiger partial charge in [-0.25, -0.2) is 9.78 Å². The predicted molar refractivity (Wildman–Crippen MR) is 161 cm³/mol. The van der Waals surface area contributed by atoms with E-state index in [1.807, 2.05) is 25.7 Å². The molecule has 2 fully saturated rings.